The molecule has 17 nitrogen and oxygen atoms in total. The minimum atomic E-state index is -5.30. The summed E-state index contributed by atoms with van der Waals surface area (Å²) in [6, 6.07) is 0. The number of esters is 2. The summed E-state index contributed by atoms with van der Waals surface area (Å²) < 4.78 is 49.0. The molecule has 1 rings (SSSR count). The molecule has 358 valence electrons. The zero-order valence-corrected chi connectivity index (χ0v) is 38.4. The summed E-state index contributed by atoms with van der Waals surface area (Å²) >= 11 is 0. The van der Waals surface area contributed by atoms with Gasteiger partial charge in [0, 0.05) is 12.8 Å². The van der Waals surface area contributed by atoms with Gasteiger partial charge in [0.2, 0.25) is 0 Å². The van der Waals surface area contributed by atoms with Gasteiger partial charge in [-0.15, -0.1) is 0 Å². The van der Waals surface area contributed by atoms with Gasteiger partial charge in [-0.1, -0.05) is 168 Å². The van der Waals surface area contributed by atoms with Crippen LogP contribution >= 0.6 is 15.6 Å². The van der Waals surface area contributed by atoms with Crippen molar-refractivity contribution in [3.8, 4) is 0 Å². The molecule has 1 aliphatic carbocycles. The van der Waals surface area contributed by atoms with Crippen molar-refractivity contribution in [2.24, 2.45) is 0 Å². The van der Waals surface area contributed by atoms with E-state index in [-0.39, 0.29) is 19.0 Å². The summed E-state index contributed by atoms with van der Waals surface area (Å²) in [6.45, 7) is 3.13. The van der Waals surface area contributed by atoms with Crippen LogP contribution < -0.4 is 6.15 Å². The average molecular weight is 908 g/mol. The number of carbonyl (C=O) groups is 2. The molecule has 0 amide bonds. The molecule has 0 radical (unpaired) electrons. The molecular weight excluding hydrogens is 824 g/mol. The standard InChI is InChI=1S/C41H80O16P2.H3N/c1-3-5-7-9-11-13-15-17-19-21-23-25-27-29-34(42)53-31-33(55-35(43)30-28-26-24-22-20-18-16-14-12-10-8-6-4-2)32-54-59(51,52)57-41-38(46)36(44)40(37(45)39(41)47)56-58(48,49)50;/h33,36-41,44-47H,3-32H2,1-2H3,(H,51,52)(H2,48,49,50);1H3. The average Bonchev–Trinajstić information content (AvgIpc) is 3.18. The number of ether oxygens (including phenoxy) is 2. The van der Waals surface area contributed by atoms with Gasteiger partial charge in [0.25, 0.3) is 0 Å². The molecule has 1 saturated carbocycles. The molecule has 0 spiro atoms. The number of aliphatic hydroxyl groups is 4. The molecule has 19 heteroatoms. The lowest BCUT2D eigenvalue weighted by Crippen LogP contribution is -2.64. The Kier molecular flexibility index (Phi) is 34.7. The van der Waals surface area contributed by atoms with Gasteiger partial charge in [0.15, 0.2) is 6.10 Å². The highest BCUT2D eigenvalue weighted by Crippen LogP contribution is 2.48. The normalized spacial score (nSPS) is 22.1. The van der Waals surface area contributed by atoms with E-state index >= 15 is 0 Å². The molecule has 0 aromatic carbocycles. The molecule has 0 saturated heterocycles. The number of phosphoric ester groups is 2. The van der Waals surface area contributed by atoms with Crippen LogP contribution in [0.5, 0.6) is 0 Å². The van der Waals surface area contributed by atoms with E-state index in [1.165, 1.54) is 103 Å². The first kappa shape index (κ1) is 59.0. The summed E-state index contributed by atoms with van der Waals surface area (Å²) in [5.41, 5.74) is 0. The van der Waals surface area contributed by atoms with Crippen molar-refractivity contribution >= 4 is 27.6 Å². The predicted molar refractivity (Wildman–Crippen MR) is 228 cm³/mol. The molecule has 60 heavy (non-hydrogen) atoms. The van der Waals surface area contributed by atoms with E-state index in [9.17, 15) is 44.0 Å². The van der Waals surface area contributed by atoms with Gasteiger partial charge < -0.3 is 50.7 Å². The lowest BCUT2D eigenvalue weighted by molar-refractivity contribution is -0.216. The first-order valence-electron chi connectivity index (χ1n) is 22.6. The van der Waals surface area contributed by atoms with Crippen molar-refractivity contribution < 1.29 is 76.9 Å². The Morgan fingerprint density at radius 2 is 0.800 bits per heavy atom. The second kappa shape index (κ2) is 35.3. The lowest BCUT2D eigenvalue weighted by atomic mass is 9.85. The number of aliphatic hydroxyl groups excluding tert-OH is 4. The van der Waals surface area contributed by atoms with Crippen LogP contribution in [0.25, 0.3) is 0 Å². The van der Waals surface area contributed by atoms with E-state index in [0.29, 0.717) is 12.8 Å². The van der Waals surface area contributed by atoms with Gasteiger partial charge in [0.05, 0.1) is 6.61 Å². The van der Waals surface area contributed by atoms with E-state index < -0.39 is 83.5 Å². The molecule has 6 unspecified atom stereocenters. The smallest absolute Gasteiger partial charge is 0.462 e. The van der Waals surface area contributed by atoms with Crippen LogP contribution in [0.15, 0.2) is 0 Å². The molecular formula is C41H83NO16P2. The monoisotopic (exact) mass is 908 g/mol. The minimum absolute atomic E-state index is 0. The third-order valence-corrected chi connectivity index (χ3v) is 12.2. The Bertz CT molecular complexity index is 1160. The van der Waals surface area contributed by atoms with Crippen LogP contribution in [0.3, 0.4) is 0 Å². The first-order valence-corrected chi connectivity index (χ1v) is 25.6. The third kappa shape index (κ3) is 29.3. The Morgan fingerprint density at radius 1 is 0.483 bits per heavy atom. The second-order valence-corrected chi connectivity index (χ2v) is 18.7. The Balaban J connectivity index is 0.0000348. The van der Waals surface area contributed by atoms with Gasteiger partial charge in [-0.3, -0.25) is 23.2 Å². The van der Waals surface area contributed by atoms with E-state index in [1.54, 1.807) is 0 Å². The van der Waals surface area contributed by atoms with Gasteiger partial charge >= 0.3 is 27.6 Å². The first-order chi connectivity index (χ1) is 28.1. The van der Waals surface area contributed by atoms with Crippen LogP contribution in [-0.2, 0) is 41.8 Å². The predicted octanol–water partition coefficient (Wildman–Crippen LogP) is 8.00. The summed E-state index contributed by atoms with van der Waals surface area (Å²) in [5, 5.41) is 41.4. The molecule has 0 aromatic heterocycles. The molecule has 0 bridgehead atoms. The number of hydrogen-bond acceptors (Lipinski definition) is 14. The van der Waals surface area contributed by atoms with Crippen molar-refractivity contribution in [2.45, 2.75) is 236 Å². The number of carbonyl (C=O) groups excluding carboxylic acids is 2. The fourth-order valence-corrected chi connectivity index (χ4v) is 8.68. The van der Waals surface area contributed by atoms with Gasteiger partial charge in [-0.2, -0.15) is 0 Å². The number of phosphoric acid groups is 2. The van der Waals surface area contributed by atoms with Crippen LogP contribution in [0.4, 0.5) is 0 Å². The number of unbranched alkanes of at least 4 members (excludes halogenated alkanes) is 24. The van der Waals surface area contributed by atoms with Crippen LogP contribution in [0.2, 0.25) is 0 Å². The fraction of sp³-hybridized carbons (Fsp3) is 0.951. The fourth-order valence-electron chi connectivity index (χ4n) is 7.14. The van der Waals surface area contributed by atoms with Gasteiger partial charge in [-0.25, -0.2) is 9.13 Å². The number of hydrogen-bond donors (Lipinski definition) is 8. The van der Waals surface area contributed by atoms with Crippen LogP contribution in [0.1, 0.15) is 194 Å². The zero-order chi connectivity index (χ0) is 43.9. The van der Waals surface area contributed by atoms with E-state index in [4.69, 9.17) is 28.3 Å². The van der Waals surface area contributed by atoms with Crippen LogP contribution in [-0.4, -0.2) is 103 Å². The zero-order valence-electron chi connectivity index (χ0n) is 36.7. The highest BCUT2D eigenvalue weighted by molar-refractivity contribution is 7.47. The maximum absolute atomic E-state index is 12.9. The van der Waals surface area contributed by atoms with Crippen molar-refractivity contribution in [2.75, 3.05) is 13.2 Å². The highest BCUT2D eigenvalue weighted by Gasteiger charge is 2.54. The minimum Gasteiger partial charge on any atom is -0.462 e. The SMILES string of the molecule is CCCCCCCCCCCCCCCC(=O)OCC(COP(=O)(O)OC1C(O)C(O)C(OP(=O)(O)O)C(O)C1O)OC(=O)CCCCCCCCCCCCCCC.N. The maximum atomic E-state index is 12.9. The molecule has 10 N–H and O–H groups in total. The molecule has 1 aliphatic rings. The Labute approximate surface area is 359 Å². The van der Waals surface area contributed by atoms with Crippen molar-refractivity contribution in [3.63, 3.8) is 0 Å². The Hall–Kier alpha value is -1.04. The van der Waals surface area contributed by atoms with Gasteiger partial charge in [0.1, 0.15) is 43.2 Å². The van der Waals surface area contributed by atoms with Crippen LogP contribution in [0, 0.1) is 0 Å². The summed E-state index contributed by atoms with van der Waals surface area (Å²) in [6.07, 6.45) is 15.1. The molecule has 0 aliphatic heterocycles. The Morgan fingerprint density at radius 3 is 1.15 bits per heavy atom. The van der Waals surface area contributed by atoms with Crippen molar-refractivity contribution in [1.29, 1.82) is 0 Å². The van der Waals surface area contributed by atoms with E-state index in [2.05, 4.69) is 18.4 Å². The summed E-state index contributed by atoms with van der Waals surface area (Å²) in [5.74, 6) is -1.18. The number of rotatable bonds is 38. The maximum Gasteiger partial charge on any atom is 0.472 e. The third-order valence-electron chi connectivity index (χ3n) is 10.7. The molecule has 0 aromatic rings. The topological polar surface area (TPSA) is 291 Å². The molecule has 6 atom stereocenters. The van der Waals surface area contributed by atoms with Crippen molar-refractivity contribution in [1.82, 2.24) is 6.15 Å². The van der Waals surface area contributed by atoms with E-state index in [0.717, 1.165) is 51.4 Å². The lowest BCUT2D eigenvalue weighted by Gasteiger charge is -2.43. The summed E-state index contributed by atoms with van der Waals surface area (Å²) in [7, 11) is -10.6. The highest BCUT2D eigenvalue weighted by atomic mass is 31.2. The quantitative estimate of drug-likeness (QED) is 0.0165. The van der Waals surface area contributed by atoms with Crippen molar-refractivity contribution in [3.05, 3.63) is 0 Å². The second-order valence-electron chi connectivity index (χ2n) is 16.1. The van der Waals surface area contributed by atoms with Gasteiger partial charge in [-0.05, 0) is 12.8 Å². The largest absolute Gasteiger partial charge is 0.472 e. The van der Waals surface area contributed by atoms with E-state index in [1.807, 2.05) is 0 Å². The summed E-state index contributed by atoms with van der Waals surface area (Å²) in [4.78, 5) is 53.9. The molecule has 1 fully saturated rings. The molecule has 0 heterocycles.